The van der Waals surface area contributed by atoms with Crippen LogP contribution in [0.3, 0.4) is 0 Å². The largest absolute Gasteiger partial charge is 3.00 e. The molecule has 42 valence electrons. The van der Waals surface area contributed by atoms with Gasteiger partial charge in [-0.2, -0.15) is 0 Å². The van der Waals surface area contributed by atoms with Crippen LogP contribution in [0.2, 0.25) is 0 Å². The van der Waals surface area contributed by atoms with Crippen molar-refractivity contribution in [3.05, 3.63) is 0 Å². The van der Waals surface area contributed by atoms with Crippen LogP contribution in [0.15, 0.2) is 0 Å². The number of hydrogen-bond acceptors (Lipinski definition) is 0. The number of hydrogen-bond donors (Lipinski definition) is 0. The van der Waals surface area contributed by atoms with Crippen LogP contribution in [0.4, 0.5) is 0 Å². The smallest absolute Gasteiger partial charge is 2.00 e. The van der Waals surface area contributed by atoms with Gasteiger partial charge in [0, 0.05) is 0 Å². The Labute approximate surface area is 96.6 Å². The van der Waals surface area contributed by atoms with Gasteiger partial charge in [0.05, 0.1) is 0 Å². The summed E-state index contributed by atoms with van der Waals surface area (Å²) >= 11 is 0. The second kappa shape index (κ2) is 84.9. The molecule has 7 heavy (non-hydrogen) atoms. The third-order valence-electron chi connectivity index (χ3n) is 0. The van der Waals surface area contributed by atoms with Crippen molar-refractivity contribution < 1.29 is 98.1 Å². The van der Waals surface area contributed by atoms with Gasteiger partial charge in [-0.05, 0) is 0 Å². The van der Waals surface area contributed by atoms with Gasteiger partial charge in [0.2, 0.25) is 0 Å². The Hall–Kier alpha value is 2.27. The third-order valence-corrected chi connectivity index (χ3v) is 0. The molecule has 0 heterocycles. The van der Waals surface area contributed by atoms with Crippen LogP contribution >= 0.6 is 0 Å². The Morgan fingerprint density at radius 2 is 0.571 bits per heavy atom. The van der Waals surface area contributed by atoms with E-state index in [9.17, 15) is 0 Å². The van der Waals surface area contributed by atoms with E-state index in [0.29, 0.717) is 0 Å². The number of rotatable bonds is 0. The first-order valence-corrected chi connectivity index (χ1v) is 0. The van der Waals surface area contributed by atoms with Gasteiger partial charge in [-0.1, -0.05) is 0 Å². The van der Waals surface area contributed by atoms with Crippen molar-refractivity contribution in [3.8, 4) is 0 Å². The van der Waals surface area contributed by atoms with E-state index in [1.165, 1.54) is 0 Å². The van der Waals surface area contributed by atoms with Crippen molar-refractivity contribution in [3.63, 3.8) is 0 Å². The van der Waals surface area contributed by atoms with Crippen molar-refractivity contribution in [2.45, 2.75) is 0 Å². The van der Waals surface area contributed by atoms with Gasteiger partial charge in [0.15, 0.2) is 0 Å². The molecular weight excluding hydrogens is 312 g/mol. The zero-order chi connectivity index (χ0) is 0. The predicted octanol–water partition coefficient (Wildman–Crippen LogP) is -0.480. The first kappa shape index (κ1) is 123. The van der Waals surface area contributed by atoms with Crippen molar-refractivity contribution in [1.82, 2.24) is 0 Å². The van der Waals surface area contributed by atoms with E-state index in [2.05, 4.69) is 0 Å². The summed E-state index contributed by atoms with van der Waals surface area (Å²) < 4.78 is 0. The first-order chi connectivity index (χ1) is 0. The summed E-state index contributed by atoms with van der Waals surface area (Å²) in [5, 5.41) is 0. The van der Waals surface area contributed by atoms with Crippen LogP contribution in [0.1, 0.15) is 0 Å². The first-order valence-electron chi connectivity index (χ1n) is 0. The summed E-state index contributed by atoms with van der Waals surface area (Å²) in [5.41, 5.74) is 0. The zero-order valence-electron chi connectivity index (χ0n) is 2.89. The fraction of sp³-hybridized carbons (Fsp3) is 0. The molecule has 0 aliphatic carbocycles. The summed E-state index contributed by atoms with van der Waals surface area (Å²) in [6.45, 7) is 0. The molecule has 0 fully saturated rings. The molecule has 0 rings (SSSR count). The maximum atomic E-state index is 0. The molecule has 0 aromatic rings. The minimum atomic E-state index is 0. The Kier molecular flexibility index (Phi) is 1490. The van der Waals surface area contributed by atoms with Crippen LogP contribution in [0, 0.1) is 41.7 Å². The molecule has 0 aromatic carbocycles. The van der Waals surface area contributed by atoms with Gasteiger partial charge in [0.1, 0.15) is 0 Å². The van der Waals surface area contributed by atoms with E-state index in [0.717, 1.165) is 0 Å². The van der Waals surface area contributed by atoms with Crippen LogP contribution in [-0.2, 0) is 56.3 Å². The molecule has 7 heteroatoms. The maximum absolute atomic E-state index is 0. The van der Waals surface area contributed by atoms with Gasteiger partial charge >= 0.3 is 76.2 Å². The molecule has 0 aromatic heterocycles. The van der Waals surface area contributed by atoms with Crippen LogP contribution < -0.4 is 0 Å². The summed E-state index contributed by atoms with van der Waals surface area (Å²) in [7, 11) is 0. The summed E-state index contributed by atoms with van der Waals surface area (Å²) in [5.74, 6) is 0. The van der Waals surface area contributed by atoms with Crippen molar-refractivity contribution in [2.75, 3.05) is 0 Å². The monoisotopic (exact) mass is 312 g/mol. The Morgan fingerprint density at radius 1 is 0.571 bits per heavy atom. The molecule has 0 saturated carbocycles. The normalized spacial score (nSPS) is 0. The molecule has 0 saturated heterocycles. The maximum Gasteiger partial charge on any atom is 3.00 e. The van der Waals surface area contributed by atoms with Gasteiger partial charge in [-0.25, -0.2) is 0 Å². The summed E-state index contributed by atoms with van der Waals surface area (Å²) in [6.07, 6.45) is 0. The fourth-order valence-corrected chi connectivity index (χ4v) is 0. The molecule has 0 amide bonds. The molecule has 0 bridgehead atoms. The average molecular weight is 312 g/mol. The zero-order valence-corrected chi connectivity index (χ0v) is 8.41. The van der Waals surface area contributed by atoms with E-state index >= 15 is 0 Å². The summed E-state index contributed by atoms with van der Waals surface area (Å²) in [4.78, 5) is 0. The van der Waals surface area contributed by atoms with Crippen LogP contribution in [-0.4, -0.2) is 0 Å². The Balaban J connectivity index is 0. The van der Waals surface area contributed by atoms with Gasteiger partial charge < -0.3 is 21.9 Å². The van der Waals surface area contributed by atoms with E-state index < -0.39 is 0 Å². The average Bonchev–Trinajstić information content (AvgIpc) is 0. The third kappa shape index (κ3) is 63.1. The summed E-state index contributed by atoms with van der Waals surface area (Å²) in [6, 6.07) is 0. The van der Waals surface area contributed by atoms with E-state index in [4.69, 9.17) is 0 Å². The molecule has 0 spiro atoms. The fourth-order valence-electron chi connectivity index (χ4n) is 0. The quantitative estimate of drug-likeness (QED) is 0.538. The molecule has 0 aliphatic heterocycles. The molecule has 2 radical (unpaired) electrons. The Bertz CT molecular complexity index is 11.7. The Morgan fingerprint density at radius 3 is 0.571 bits per heavy atom. The molecule has 0 atom stereocenters. The van der Waals surface area contributed by atoms with Gasteiger partial charge in [0.25, 0.3) is 0 Å². The SMILES string of the molecule is [Ce+3].[Cr+3].[Fe+2].[O-2].[O-2].[O-2].[O-2]. The van der Waals surface area contributed by atoms with Gasteiger partial charge in [-0.3, -0.25) is 0 Å². The predicted molar refractivity (Wildman–Crippen MR) is 2.75 cm³/mol. The second-order valence-corrected chi connectivity index (χ2v) is 0. The van der Waals surface area contributed by atoms with Crippen molar-refractivity contribution >= 4 is 0 Å². The molecule has 0 aliphatic rings. The molecule has 0 unspecified atom stereocenters. The van der Waals surface area contributed by atoms with Crippen molar-refractivity contribution in [1.29, 1.82) is 0 Å². The molecule has 4 nitrogen and oxygen atoms in total. The minimum Gasteiger partial charge on any atom is -2.00 e. The van der Waals surface area contributed by atoms with Crippen molar-refractivity contribution in [2.24, 2.45) is 0 Å². The van der Waals surface area contributed by atoms with Gasteiger partial charge in [-0.15, -0.1) is 0 Å². The van der Waals surface area contributed by atoms with E-state index in [1.54, 1.807) is 0 Å². The van der Waals surface area contributed by atoms with Crippen LogP contribution in [0.25, 0.3) is 0 Å². The second-order valence-electron chi connectivity index (χ2n) is 0. The minimum absolute atomic E-state index is 0. The molecule has 0 N–H and O–H groups in total. The van der Waals surface area contributed by atoms with E-state index in [1.807, 2.05) is 0 Å². The molecular formula is CeCrFeO4. The standard InChI is InChI=1S/Ce.Cr.Fe.4O/q2*+3;+2;4*-2. The van der Waals surface area contributed by atoms with Crippen LogP contribution in [0.5, 0.6) is 0 Å². The van der Waals surface area contributed by atoms with E-state index in [-0.39, 0.29) is 98.1 Å². The topological polar surface area (TPSA) is 114 Å².